The van der Waals surface area contributed by atoms with E-state index >= 15 is 0 Å². The van der Waals surface area contributed by atoms with E-state index in [1.165, 1.54) is 0 Å². The van der Waals surface area contributed by atoms with Gasteiger partial charge in [-0.1, -0.05) is 0 Å². The van der Waals surface area contributed by atoms with Crippen LogP contribution in [0.25, 0.3) is 11.0 Å². The Kier molecular flexibility index (Phi) is 3.77. The Balaban J connectivity index is 2.02. The van der Waals surface area contributed by atoms with Gasteiger partial charge in [0.05, 0.1) is 23.4 Å². The maximum Gasteiger partial charge on any atom is 0.227 e. The predicted octanol–water partition coefficient (Wildman–Crippen LogP) is 1.21. The van der Waals surface area contributed by atoms with Gasteiger partial charge in [-0.05, 0) is 25.5 Å². The van der Waals surface area contributed by atoms with E-state index in [2.05, 4.69) is 37.0 Å². The molecule has 0 aliphatic carbocycles. The van der Waals surface area contributed by atoms with Crippen molar-refractivity contribution in [3.63, 3.8) is 0 Å². The number of rotatable bonds is 3. The molecule has 1 aliphatic heterocycles. The third-order valence-electron chi connectivity index (χ3n) is 3.92. The van der Waals surface area contributed by atoms with Crippen molar-refractivity contribution in [2.24, 2.45) is 5.92 Å². The van der Waals surface area contributed by atoms with Crippen molar-refractivity contribution < 1.29 is 0 Å². The maximum atomic E-state index is 9.16. The third kappa shape index (κ3) is 2.53. The number of aromatic nitrogens is 3. The molecule has 0 bridgehead atoms. The standard InChI is InChI=1S/C15H19N7/c1-8-4-9(2)19-14-12(8)13(17-3)21-15(22-14)20-11-7-18-6-10(11)5-16/h4,10-11,18H,6-7H2,1-3H3,(H2,17,19,20,21,22)/t10-,11-/m0/s1. The summed E-state index contributed by atoms with van der Waals surface area (Å²) in [6.45, 7) is 5.40. The minimum absolute atomic E-state index is 0.0121. The highest BCUT2D eigenvalue weighted by Gasteiger charge is 2.27. The second kappa shape index (κ2) is 5.73. The molecular weight excluding hydrogens is 278 g/mol. The van der Waals surface area contributed by atoms with Crippen LogP contribution in [0.1, 0.15) is 11.3 Å². The molecular formula is C15H19N7. The minimum atomic E-state index is -0.0791. The first-order chi connectivity index (χ1) is 10.6. The quantitative estimate of drug-likeness (QED) is 0.783. The Morgan fingerprint density at radius 3 is 2.82 bits per heavy atom. The lowest BCUT2D eigenvalue weighted by Crippen LogP contribution is -2.28. The van der Waals surface area contributed by atoms with E-state index in [4.69, 9.17) is 5.26 Å². The monoisotopic (exact) mass is 297 g/mol. The molecule has 7 heteroatoms. The number of fused-ring (bicyclic) bond motifs is 1. The van der Waals surface area contributed by atoms with Crippen molar-refractivity contribution in [1.82, 2.24) is 20.3 Å². The summed E-state index contributed by atoms with van der Waals surface area (Å²) >= 11 is 0. The number of nitriles is 1. The normalized spacial score (nSPS) is 20.8. The number of anilines is 2. The van der Waals surface area contributed by atoms with Crippen LogP contribution in [-0.2, 0) is 0 Å². The highest BCUT2D eigenvalue weighted by Crippen LogP contribution is 2.25. The molecule has 0 aromatic carbocycles. The molecule has 0 radical (unpaired) electrons. The van der Waals surface area contributed by atoms with E-state index in [0.717, 1.165) is 29.0 Å². The first-order valence-corrected chi connectivity index (χ1v) is 7.33. The number of hydrogen-bond acceptors (Lipinski definition) is 7. The largest absolute Gasteiger partial charge is 0.372 e. The van der Waals surface area contributed by atoms with Gasteiger partial charge in [0.15, 0.2) is 5.65 Å². The lowest BCUT2D eigenvalue weighted by Gasteiger charge is -2.16. The highest BCUT2D eigenvalue weighted by molar-refractivity contribution is 5.90. The summed E-state index contributed by atoms with van der Waals surface area (Å²) in [5.41, 5.74) is 2.68. The van der Waals surface area contributed by atoms with Gasteiger partial charge in [0.2, 0.25) is 5.95 Å². The van der Waals surface area contributed by atoms with Gasteiger partial charge in [-0.3, -0.25) is 0 Å². The van der Waals surface area contributed by atoms with E-state index in [1.54, 1.807) is 0 Å². The lowest BCUT2D eigenvalue weighted by atomic mass is 10.1. The van der Waals surface area contributed by atoms with Crippen LogP contribution in [0.3, 0.4) is 0 Å². The maximum absolute atomic E-state index is 9.16. The van der Waals surface area contributed by atoms with Gasteiger partial charge >= 0.3 is 0 Å². The predicted molar refractivity (Wildman–Crippen MR) is 85.7 cm³/mol. The average Bonchev–Trinajstić information content (AvgIpc) is 2.92. The van der Waals surface area contributed by atoms with Crippen molar-refractivity contribution in [3.8, 4) is 6.07 Å². The Hall–Kier alpha value is -2.46. The molecule has 2 aromatic heterocycles. The number of aryl methyl sites for hydroxylation is 2. The number of pyridine rings is 1. The molecule has 3 heterocycles. The van der Waals surface area contributed by atoms with Crippen molar-refractivity contribution in [1.29, 1.82) is 5.26 Å². The highest BCUT2D eigenvalue weighted by atomic mass is 15.2. The SMILES string of the molecule is CNc1nc(N[C@H]2CNC[C@@H]2C#N)nc2nc(C)cc(C)c12. The Morgan fingerprint density at radius 1 is 1.27 bits per heavy atom. The van der Waals surface area contributed by atoms with Crippen LogP contribution >= 0.6 is 0 Å². The van der Waals surface area contributed by atoms with E-state index < -0.39 is 0 Å². The van der Waals surface area contributed by atoms with Crippen molar-refractivity contribution >= 4 is 22.8 Å². The molecule has 0 amide bonds. The molecule has 22 heavy (non-hydrogen) atoms. The molecule has 114 valence electrons. The topological polar surface area (TPSA) is 98.6 Å². The van der Waals surface area contributed by atoms with Crippen molar-refractivity contribution in [2.75, 3.05) is 30.8 Å². The van der Waals surface area contributed by atoms with Gasteiger partial charge in [-0.25, -0.2) is 4.98 Å². The second-order valence-corrected chi connectivity index (χ2v) is 5.57. The zero-order chi connectivity index (χ0) is 15.7. The second-order valence-electron chi connectivity index (χ2n) is 5.57. The summed E-state index contributed by atoms with van der Waals surface area (Å²) in [5, 5.41) is 19.7. The fourth-order valence-corrected chi connectivity index (χ4v) is 2.86. The van der Waals surface area contributed by atoms with Crippen LogP contribution in [0.5, 0.6) is 0 Å². The Morgan fingerprint density at radius 2 is 2.09 bits per heavy atom. The van der Waals surface area contributed by atoms with Crippen LogP contribution < -0.4 is 16.0 Å². The minimum Gasteiger partial charge on any atom is -0.372 e. The van der Waals surface area contributed by atoms with Crippen LogP contribution in [0.4, 0.5) is 11.8 Å². The summed E-state index contributed by atoms with van der Waals surface area (Å²) in [6.07, 6.45) is 0. The van der Waals surface area contributed by atoms with E-state index in [9.17, 15) is 0 Å². The summed E-state index contributed by atoms with van der Waals surface area (Å²) < 4.78 is 0. The molecule has 1 aliphatic rings. The van der Waals surface area contributed by atoms with Gasteiger partial charge in [0.1, 0.15) is 5.82 Å². The molecule has 3 rings (SSSR count). The van der Waals surface area contributed by atoms with E-state index in [-0.39, 0.29) is 12.0 Å². The number of nitrogens with one attached hydrogen (secondary N) is 3. The van der Waals surface area contributed by atoms with Gasteiger partial charge in [-0.2, -0.15) is 15.2 Å². The number of hydrogen-bond donors (Lipinski definition) is 3. The zero-order valence-corrected chi connectivity index (χ0v) is 12.9. The van der Waals surface area contributed by atoms with Crippen molar-refractivity contribution in [2.45, 2.75) is 19.9 Å². The summed E-state index contributed by atoms with van der Waals surface area (Å²) in [6, 6.07) is 4.34. The molecule has 1 saturated heterocycles. The van der Waals surface area contributed by atoms with Crippen LogP contribution in [0.15, 0.2) is 6.07 Å². The molecule has 0 unspecified atom stereocenters. The van der Waals surface area contributed by atoms with Gasteiger partial charge in [-0.15, -0.1) is 0 Å². The van der Waals surface area contributed by atoms with Crippen LogP contribution in [0, 0.1) is 31.1 Å². The van der Waals surface area contributed by atoms with Gasteiger partial charge in [0.25, 0.3) is 0 Å². The van der Waals surface area contributed by atoms with Crippen molar-refractivity contribution in [3.05, 3.63) is 17.3 Å². The average molecular weight is 297 g/mol. The summed E-state index contributed by atoms with van der Waals surface area (Å²) in [7, 11) is 1.83. The fourth-order valence-electron chi connectivity index (χ4n) is 2.86. The van der Waals surface area contributed by atoms with Crippen LogP contribution in [-0.4, -0.2) is 41.1 Å². The molecule has 2 atom stereocenters. The lowest BCUT2D eigenvalue weighted by molar-refractivity contribution is 0.667. The summed E-state index contributed by atoms with van der Waals surface area (Å²) in [4.78, 5) is 13.6. The molecule has 1 fully saturated rings. The third-order valence-corrected chi connectivity index (χ3v) is 3.92. The first-order valence-electron chi connectivity index (χ1n) is 7.33. The van der Waals surface area contributed by atoms with Crippen LogP contribution in [0.2, 0.25) is 0 Å². The van der Waals surface area contributed by atoms with E-state index in [1.807, 2.05) is 27.0 Å². The van der Waals surface area contributed by atoms with Gasteiger partial charge in [0, 0.05) is 25.8 Å². The molecule has 0 saturated carbocycles. The first kappa shape index (κ1) is 14.5. The smallest absolute Gasteiger partial charge is 0.227 e. The summed E-state index contributed by atoms with van der Waals surface area (Å²) in [5.74, 6) is 1.17. The molecule has 2 aromatic rings. The molecule has 7 nitrogen and oxygen atoms in total. The Bertz CT molecular complexity index is 750. The van der Waals surface area contributed by atoms with E-state index in [0.29, 0.717) is 18.1 Å². The molecule has 0 spiro atoms. The Labute approximate surface area is 129 Å². The number of nitrogens with zero attached hydrogens (tertiary/aromatic N) is 4. The van der Waals surface area contributed by atoms with Gasteiger partial charge < -0.3 is 16.0 Å². The molecule has 3 N–H and O–H groups in total. The zero-order valence-electron chi connectivity index (χ0n) is 12.9. The fraction of sp³-hybridized carbons (Fsp3) is 0.467.